The first-order valence-electron chi connectivity index (χ1n) is 10.4. The van der Waals surface area contributed by atoms with Crippen LogP contribution in [0.25, 0.3) is 44.5 Å². The molecule has 0 heterocycles. The van der Waals surface area contributed by atoms with Crippen LogP contribution in [-0.2, 0) is 0 Å². The summed E-state index contributed by atoms with van der Waals surface area (Å²) in [4.78, 5) is 0. The number of hydrogen-bond acceptors (Lipinski definition) is 0. The summed E-state index contributed by atoms with van der Waals surface area (Å²) >= 11 is 6.51. The van der Waals surface area contributed by atoms with Gasteiger partial charge in [-0.2, -0.15) is 0 Å². The Labute approximate surface area is 188 Å². The maximum absolute atomic E-state index is 6.51. The third-order valence-electron chi connectivity index (χ3n) is 5.59. The van der Waals surface area contributed by atoms with Crippen LogP contribution in [0, 0.1) is 0 Å². The van der Waals surface area contributed by atoms with E-state index in [-0.39, 0.29) is 0 Å². The lowest BCUT2D eigenvalue weighted by molar-refractivity contribution is 1.55. The Morgan fingerprint density at radius 3 is 1.23 bits per heavy atom. The van der Waals surface area contributed by atoms with Crippen molar-refractivity contribution >= 4 is 11.6 Å². The summed E-state index contributed by atoms with van der Waals surface area (Å²) in [7, 11) is 0. The first kappa shape index (κ1) is 19.4. The van der Waals surface area contributed by atoms with Gasteiger partial charge in [0.25, 0.3) is 0 Å². The molecule has 0 aliphatic carbocycles. The summed E-state index contributed by atoms with van der Waals surface area (Å²) in [6.45, 7) is 0. The highest BCUT2D eigenvalue weighted by atomic mass is 35.5. The Morgan fingerprint density at radius 1 is 0.323 bits per heavy atom. The quantitative estimate of drug-likeness (QED) is 0.274. The van der Waals surface area contributed by atoms with Gasteiger partial charge < -0.3 is 0 Å². The van der Waals surface area contributed by atoms with Gasteiger partial charge in [0.2, 0.25) is 0 Å². The number of rotatable bonds is 4. The normalized spacial score (nSPS) is 10.7. The van der Waals surface area contributed by atoms with Crippen LogP contribution < -0.4 is 0 Å². The second-order valence-corrected chi connectivity index (χ2v) is 7.95. The first-order valence-corrected chi connectivity index (χ1v) is 10.8. The molecule has 5 aromatic rings. The van der Waals surface area contributed by atoms with Crippen molar-refractivity contribution in [2.45, 2.75) is 0 Å². The van der Waals surface area contributed by atoms with Crippen LogP contribution in [0.5, 0.6) is 0 Å². The SMILES string of the molecule is Clc1ccc(-c2ccccc2-c2ccccc2)c(-c2ccccc2-c2ccccc2)c1. The maximum atomic E-state index is 6.51. The molecule has 0 aliphatic rings. The molecule has 148 valence electrons. The van der Waals surface area contributed by atoms with Gasteiger partial charge in [0.05, 0.1) is 0 Å². The van der Waals surface area contributed by atoms with Crippen molar-refractivity contribution in [3.63, 3.8) is 0 Å². The lowest BCUT2D eigenvalue weighted by Crippen LogP contribution is -1.91. The van der Waals surface area contributed by atoms with Crippen LogP contribution in [0.1, 0.15) is 0 Å². The molecule has 0 aliphatic heterocycles. The van der Waals surface area contributed by atoms with Gasteiger partial charge in [-0.3, -0.25) is 0 Å². The fourth-order valence-electron chi connectivity index (χ4n) is 4.15. The summed E-state index contributed by atoms with van der Waals surface area (Å²) in [5.74, 6) is 0. The van der Waals surface area contributed by atoms with Crippen LogP contribution in [-0.4, -0.2) is 0 Å². The van der Waals surface area contributed by atoms with Gasteiger partial charge >= 0.3 is 0 Å². The molecule has 0 aromatic heterocycles. The predicted octanol–water partition coefficient (Wildman–Crippen LogP) is 9.01. The molecule has 0 saturated carbocycles. The molecule has 0 saturated heterocycles. The Hall–Kier alpha value is -3.61. The average Bonchev–Trinajstić information content (AvgIpc) is 2.85. The predicted molar refractivity (Wildman–Crippen MR) is 133 cm³/mol. The van der Waals surface area contributed by atoms with Crippen LogP contribution in [0.15, 0.2) is 127 Å². The molecule has 0 unspecified atom stereocenters. The lowest BCUT2D eigenvalue weighted by Gasteiger charge is -2.17. The largest absolute Gasteiger partial charge is 0.0843 e. The van der Waals surface area contributed by atoms with Gasteiger partial charge in [-0.15, -0.1) is 0 Å². The number of halogens is 1. The molecule has 31 heavy (non-hydrogen) atoms. The first-order chi connectivity index (χ1) is 15.3. The van der Waals surface area contributed by atoms with E-state index in [2.05, 4.69) is 115 Å². The fraction of sp³-hybridized carbons (Fsp3) is 0. The lowest BCUT2D eigenvalue weighted by atomic mass is 9.87. The summed E-state index contributed by atoms with van der Waals surface area (Å²) in [6, 6.07) is 44.4. The molecular weight excluding hydrogens is 396 g/mol. The fourth-order valence-corrected chi connectivity index (χ4v) is 4.32. The molecule has 0 nitrogen and oxygen atoms in total. The monoisotopic (exact) mass is 416 g/mol. The molecule has 0 bridgehead atoms. The molecule has 0 spiro atoms. The van der Waals surface area contributed by atoms with E-state index in [4.69, 9.17) is 11.6 Å². The van der Waals surface area contributed by atoms with E-state index in [9.17, 15) is 0 Å². The molecular formula is C30H21Cl. The van der Waals surface area contributed by atoms with E-state index in [1.54, 1.807) is 0 Å². The molecule has 5 rings (SSSR count). The van der Waals surface area contributed by atoms with E-state index in [1.807, 2.05) is 12.1 Å². The van der Waals surface area contributed by atoms with E-state index in [0.717, 1.165) is 10.6 Å². The molecule has 0 radical (unpaired) electrons. The van der Waals surface area contributed by atoms with Gasteiger partial charge in [-0.25, -0.2) is 0 Å². The summed E-state index contributed by atoms with van der Waals surface area (Å²) in [5.41, 5.74) is 9.49. The Balaban J connectivity index is 1.76. The molecule has 5 aromatic carbocycles. The second-order valence-electron chi connectivity index (χ2n) is 7.51. The zero-order chi connectivity index (χ0) is 21.0. The molecule has 0 N–H and O–H groups in total. The van der Waals surface area contributed by atoms with Gasteiger partial charge in [0.15, 0.2) is 0 Å². The summed E-state index contributed by atoms with van der Waals surface area (Å²) < 4.78 is 0. The molecule has 1 heteroatoms. The minimum atomic E-state index is 0.735. The van der Waals surface area contributed by atoms with Crippen molar-refractivity contribution in [2.24, 2.45) is 0 Å². The van der Waals surface area contributed by atoms with E-state index in [0.29, 0.717) is 0 Å². The highest BCUT2D eigenvalue weighted by molar-refractivity contribution is 6.31. The minimum Gasteiger partial charge on any atom is -0.0843 e. The van der Waals surface area contributed by atoms with Crippen molar-refractivity contribution in [1.82, 2.24) is 0 Å². The molecule has 0 atom stereocenters. The van der Waals surface area contributed by atoms with Crippen LogP contribution >= 0.6 is 11.6 Å². The maximum Gasteiger partial charge on any atom is 0.0412 e. The number of hydrogen-bond donors (Lipinski definition) is 0. The highest BCUT2D eigenvalue weighted by Crippen LogP contribution is 2.42. The van der Waals surface area contributed by atoms with Gasteiger partial charge in [-0.1, -0.05) is 127 Å². The van der Waals surface area contributed by atoms with Gasteiger partial charge in [-0.05, 0) is 56.6 Å². The smallest absolute Gasteiger partial charge is 0.0412 e. The van der Waals surface area contributed by atoms with E-state index in [1.165, 1.54) is 38.9 Å². The Bertz CT molecular complexity index is 1320. The standard InChI is InChI=1S/C30H21Cl/c31-24-19-20-29(27-17-9-7-15-25(27)22-11-3-1-4-12-22)30(21-24)28-18-10-8-16-26(28)23-13-5-2-6-14-23/h1-21H. The third-order valence-corrected chi connectivity index (χ3v) is 5.82. The Morgan fingerprint density at radius 2 is 0.710 bits per heavy atom. The summed E-state index contributed by atoms with van der Waals surface area (Å²) in [5, 5.41) is 0.735. The zero-order valence-electron chi connectivity index (χ0n) is 17.0. The zero-order valence-corrected chi connectivity index (χ0v) is 17.8. The molecule has 0 amide bonds. The second kappa shape index (κ2) is 8.63. The molecule has 0 fully saturated rings. The van der Waals surface area contributed by atoms with Crippen molar-refractivity contribution < 1.29 is 0 Å². The van der Waals surface area contributed by atoms with Crippen LogP contribution in [0.4, 0.5) is 0 Å². The van der Waals surface area contributed by atoms with Crippen molar-refractivity contribution in [1.29, 1.82) is 0 Å². The van der Waals surface area contributed by atoms with Gasteiger partial charge in [0.1, 0.15) is 0 Å². The van der Waals surface area contributed by atoms with E-state index < -0.39 is 0 Å². The van der Waals surface area contributed by atoms with Gasteiger partial charge in [0, 0.05) is 5.02 Å². The average molecular weight is 417 g/mol. The van der Waals surface area contributed by atoms with Crippen molar-refractivity contribution in [3.05, 3.63) is 132 Å². The highest BCUT2D eigenvalue weighted by Gasteiger charge is 2.15. The number of benzene rings is 5. The van der Waals surface area contributed by atoms with Crippen LogP contribution in [0.3, 0.4) is 0 Å². The van der Waals surface area contributed by atoms with E-state index >= 15 is 0 Å². The summed E-state index contributed by atoms with van der Waals surface area (Å²) in [6.07, 6.45) is 0. The third kappa shape index (κ3) is 3.91. The van der Waals surface area contributed by atoms with Crippen LogP contribution in [0.2, 0.25) is 5.02 Å². The topological polar surface area (TPSA) is 0 Å². The van der Waals surface area contributed by atoms with Crippen molar-refractivity contribution in [2.75, 3.05) is 0 Å². The Kier molecular flexibility index (Phi) is 5.39. The minimum absolute atomic E-state index is 0.735. The van der Waals surface area contributed by atoms with Crippen molar-refractivity contribution in [3.8, 4) is 44.5 Å².